The molecule has 0 aliphatic heterocycles. The fraction of sp³-hybridized carbons (Fsp3) is 0.286. The molecule has 0 bridgehead atoms. The molecule has 1 N–H and O–H groups in total. The van der Waals surface area contributed by atoms with Crippen molar-refractivity contribution in [2.45, 2.75) is 20.3 Å². The highest BCUT2D eigenvalue weighted by Crippen LogP contribution is 2.30. The summed E-state index contributed by atoms with van der Waals surface area (Å²) in [5, 5.41) is 20.4. The molecule has 0 saturated heterocycles. The third-order valence-corrected chi connectivity index (χ3v) is 2.76. The summed E-state index contributed by atoms with van der Waals surface area (Å²) in [4.78, 5) is 10.0. The van der Waals surface area contributed by atoms with Gasteiger partial charge in [-0.2, -0.15) is 0 Å². The Morgan fingerprint density at radius 1 is 1.32 bits per heavy atom. The number of hydrogen-bond acceptors (Lipinski definition) is 4. The van der Waals surface area contributed by atoms with Crippen LogP contribution in [0.15, 0.2) is 34.7 Å². The number of nitrogens with zero attached hydrogens (tertiary/aromatic N) is 1. The molecular weight excluding hydrogens is 246 g/mol. The lowest BCUT2D eigenvalue weighted by Crippen LogP contribution is -1.94. The quantitative estimate of drug-likeness (QED) is 0.671. The van der Waals surface area contributed by atoms with Gasteiger partial charge in [-0.15, -0.1) is 0 Å². The Kier molecular flexibility index (Phi) is 3.55. The third kappa shape index (κ3) is 2.93. The normalized spacial score (nSPS) is 10.9. The van der Waals surface area contributed by atoms with Crippen LogP contribution in [0.5, 0.6) is 5.75 Å². The van der Waals surface area contributed by atoms with Crippen LogP contribution in [0.25, 0.3) is 11.3 Å². The maximum Gasteiger partial charge on any atom is 0.433 e. The van der Waals surface area contributed by atoms with Crippen molar-refractivity contribution in [3.63, 3.8) is 0 Å². The zero-order valence-corrected chi connectivity index (χ0v) is 10.8. The van der Waals surface area contributed by atoms with Crippen molar-refractivity contribution in [1.82, 2.24) is 0 Å². The highest BCUT2D eigenvalue weighted by Gasteiger charge is 2.14. The van der Waals surface area contributed by atoms with Crippen molar-refractivity contribution in [3.8, 4) is 17.1 Å². The van der Waals surface area contributed by atoms with Crippen molar-refractivity contribution in [2.75, 3.05) is 0 Å². The Morgan fingerprint density at radius 2 is 2.05 bits per heavy atom. The summed E-state index contributed by atoms with van der Waals surface area (Å²) in [6.45, 7) is 4.12. The van der Waals surface area contributed by atoms with Crippen LogP contribution in [0.1, 0.15) is 19.4 Å². The van der Waals surface area contributed by atoms with Crippen LogP contribution in [0.2, 0.25) is 0 Å². The number of hydrogen-bond donors (Lipinski definition) is 1. The zero-order chi connectivity index (χ0) is 14.0. The number of phenolic OH excluding ortho intramolecular Hbond substituents is 1. The van der Waals surface area contributed by atoms with Gasteiger partial charge in [0.2, 0.25) is 0 Å². The molecule has 1 heterocycles. The number of phenols is 1. The molecule has 0 aliphatic rings. The van der Waals surface area contributed by atoms with Crippen LogP contribution in [0.4, 0.5) is 5.88 Å². The SMILES string of the molecule is CC(C)Cc1cc(-c2ccc([N+](=O)[O-])o2)ccc1O. The molecule has 19 heavy (non-hydrogen) atoms. The van der Waals surface area contributed by atoms with Crippen molar-refractivity contribution < 1.29 is 14.4 Å². The zero-order valence-electron chi connectivity index (χ0n) is 10.8. The minimum Gasteiger partial charge on any atom is -0.508 e. The van der Waals surface area contributed by atoms with Crippen molar-refractivity contribution in [1.29, 1.82) is 0 Å². The van der Waals surface area contributed by atoms with Gasteiger partial charge in [-0.3, -0.25) is 10.1 Å². The van der Waals surface area contributed by atoms with E-state index in [1.807, 2.05) is 0 Å². The highest BCUT2D eigenvalue weighted by atomic mass is 16.6. The van der Waals surface area contributed by atoms with Gasteiger partial charge in [0, 0.05) is 5.56 Å². The minimum absolute atomic E-state index is 0.235. The van der Waals surface area contributed by atoms with Crippen molar-refractivity contribution in [2.24, 2.45) is 5.92 Å². The monoisotopic (exact) mass is 261 g/mol. The van der Waals surface area contributed by atoms with E-state index >= 15 is 0 Å². The van der Waals surface area contributed by atoms with Gasteiger partial charge in [0.05, 0.1) is 6.07 Å². The van der Waals surface area contributed by atoms with Gasteiger partial charge in [-0.25, -0.2) is 0 Å². The molecule has 100 valence electrons. The fourth-order valence-electron chi connectivity index (χ4n) is 1.92. The molecule has 0 unspecified atom stereocenters. The number of furan rings is 1. The molecule has 0 atom stereocenters. The first-order valence-electron chi connectivity index (χ1n) is 6.04. The highest BCUT2D eigenvalue weighted by molar-refractivity contribution is 5.61. The lowest BCUT2D eigenvalue weighted by atomic mass is 9.99. The molecule has 0 aliphatic carbocycles. The lowest BCUT2D eigenvalue weighted by molar-refractivity contribution is -0.401. The summed E-state index contributed by atoms with van der Waals surface area (Å²) in [5.74, 6) is 0.788. The second kappa shape index (κ2) is 5.14. The second-order valence-corrected chi connectivity index (χ2v) is 4.84. The molecule has 0 radical (unpaired) electrons. The number of aromatic hydroxyl groups is 1. The molecule has 1 aromatic carbocycles. The fourth-order valence-corrected chi connectivity index (χ4v) is 1.92. The molecule has 1 aromatic heterocycles. The van der Waals surface area contributed by atoms with E-state index in [2.05, 4.69) is 13.8 Å². The van der Waals surface area contributed by atoms with Crippen LogP contribution in [0, 0.1) is 16.0 Å². The van der Waals surface area contributed by atoms with E-state index < -0.39 is 4.92 Å². The molecule has 5 heteroatoms. The van der Waals surface area contributed by atoms with E-state index in [0.717, 1.165) is 17.5 Å². The summed E-state index contributed by atoms with van der Waals surface area (Å²) < 4.78 is 5.15. The van der Waals surface area contributed by atoms with E-state index in [1.54, 1.807) is 24.3 Å². The maximum atomic E-state index is 10.6. The van der Waals surface area contributed by atoms with E-state index in [0.29, 0.717) is 11.7 Å². The first kappa shape index (κ1) is 13.1. The Bertz CT molecular complexity index is 601. The average molecular weight is 261 g/mol. The third-order valence-electron chi connectivity index (χ3n) is 2.76. The topological polar surface area (TPSA) is 76.5 Å². The summed E-state index contributed by atoms with van der Waals surface area (Å²) in [7, 11) is 0. The molecule has 0 saturated carbocycles. The average Bonchev–Trinajstić information content (AvgIpc) is 2.81. The first-order valence-corrected chi connectivity index (χ1v) is 6.04. The van der Waals surface area contributed by atoms with Gasteiger partial charge in [-0.1, -0.05) is 13.8 Å². The predicted molar refractivity (Wildman–Crippen MR) is 71.0 cm³/mol. The summed E-state index contributed by atoms with van der Waals surface area (Å²) >= 11 is 0. The molecule has 5 nitrogen and oxygen atoms in total. The van der Waals surface area contributed by atoms with Crippen molar-refractivity contribution >= 4 is 5.88 Å². The Morgan fingerprint density at radius 3 is 2.63 bits per heavy atom. The van der Waals surface area contributed by atoms with Gasteiger partial charge >= 0.3 is 5.88 Å². The largest absolute Gasteiger partial charge is 0.508 e. The van der Waals surface area contributed by atoms with E-state index in [1.165, 1.54) is 6.07 Å². The Balaban J connectivity index is 2.36. The van der Waals surface area contributed by atoms with Crippen LogP contribution >= 0.6 is 0 Å². The lowest BCUT2D eigenvalue weighted by Gasteiger charge is -2.08. The molecular formula is C14H15NO4. The summed E-state index contributed by atoms with van der Waals surface area (Å²) in [6, 6.07) is 7.95. The number of nitro groups is 1. The van der Waals surface area contributed by atoms with Crippen LogP contribution in [0.3, 0.4) is 0 Å². The smallest absolute Gasteiger partial charge is 0.433 e. The molecule has 0 spiro atoms. The standard InChI is InChI=1S/C14H15NO4/c1-9(2)7-11-8-10(3-4-12(11)16)13-5-6-14(19-13)15(17)18/h3-6,8-9,16H,7H2,1-2H3. The molecule has 2 aromatic rings. The van der Waals surface area contributed by atoms with Crippen molar-refractivity contribution in [3.05, 3.63) is 46.0 Å². The minimum atomic E-state index is -0.570. The second-order valence-electron chi connectivity index (χ2n) is 4.84. The molecule has 0 amide bonds. The summed E-state index contributed by atoms with van der Waals surface area (Å²) in [6.07, 6.45) is 0.739. The predicted octanol–water partition coefficient (Wildman–Crippen LogP) is 3.76. The number of rotatable bonds is 4. The Hall–Kier alpha value is -2.30. The van der Waals surface area contributed by atoms with Gasteiger partial charge in [0.25, 0.3) is 0 Å². The van der Waals surface area contributed by atoms with Gasteiger partial charge in [0.1, 0.15) is 16.4 Å². The van der Waals surface area contributed by atoms with Crippen LogP contribution < -0.4 is 0 Å². The van der Waals surface area contributed by atoms with Crippen LogP contribution in [-0.4, -0.2) is 10.0 Å². The van der Waals surface area contributed by atoms with E-state index in [9.17, 15) is 15.2 Å². The van der Waals surface area contributed by atoms with E-state index in [-0.39, 0.29) is 11.6 Å². The first-order chi connectivity index (χ1) is 8.97. The molecule has 0 fully saturated rings. The number of benzene rings is 1. The van der Waals surface area contributed by atoms with Gasteiger partial charge in [-0.05, 0) is 42.2 Å². The van der Waals surface area contributed by atoms with Crippen LogP contribution in [-0.2, 0) is 6.42 Å². The summed E-state index contributed by atoms with van der Waals surface area (Å²) in [5.41, 5.74) is 1.54. The maximum absolute atomic E-state index is 10.6. The van der Waals surface area contributed by atoms with Gasteiger partial charge in [0.15, 0.2) is 0 Å². The van der Waals surface area contributed by atoms with E-state index in [4.69, 9.17) is 4.42 Å². The van der Waals surface area contributed by atoms with Gasteiger partial charge < -0.3 is 9.52 Å². The molecule has 2 rings (SSSR count). The Labute approximate surface area is 110 Å².